The molecule has 1 aromatic carbocycles. The number of halogens is 2. The second-order valence-electron chi connectivity index (χ2n) is 5.47. The number of aryl methyl sites for hydroxylation is 1. The van der Waals surface area contributed by atoms with Crippen LogP contribution in [0.2, 0.25) is 0 Å². The van der Waals surface area contributed by atoms with Crippen LogP contribution in [0, 0.1) is 18.6 Å². The van der Waals surface area contributed by atoms with E-state index in [9.17, 15) is 18.7 Å². The Kier molecular flexibility index (Phi) is 5.19. The van der Waals surface area contributed by atoms with Crippen molar-refractivity contribution in [2.24, 2.45) is 0 Å². The zero-order valence-corrected chi connectivity index (χ0v) is 12.1. The Morgan fingerprint density at radius 2 is 2.00 bits per heavy atom. The van der Waals surface area contributed by atoms with Crippen molar-refractivity contribution in [1.29, 1.82) is 0 Å². The number of amides is 1. The molecular weight excluding hydrogens is 266 g/mol. The summed E-state index contributed by atoms with van der Waals surface area (Å²) in [5.74, 6) is -2.67. The van der Waals surface area contributed by atoms with E-state index in [-0.39, 0.29) is 12.1 Å². The molecule has 0 bridgehead atoms. The average molecular weight is 286 g/mol. The first-order valence-electron chi connectivity index (χ1n) is 6.24. The third-order valence-electron chi connectivity index (χ3n) is 2.80. The van der Waals surface area contributed by atoms with Crippen molar-refractivity contribution >= 4 is 5.91 Å². The molecule has 0 fully saturated rings. The summed E-state index contributed by atoms with van der Waals surface area (Å²) < 4.78 is 27.3. The third kappa shape index (κ3) is 4.25. The molecule has 1 amide bonds. The van der Waals surface area contributed by atoms with Crippen molar-refractivity contribution in [2.45, 2.75) is 19.4 Å². The number of hydrogen-bond donors (Lipinski definition) is 2. The van der Waals surface area contributed by atoms with Crippen LogP contribution in [0.1, 0.15) is 22.8 Å². The van der Waals surface area contributed by atoms with Gasteiger partial charge in [0.2, 0.25) is 0 Å². The molecule has 0 radical (unpaired) electrons. The predicted molar refractivity (Wildman–Crippen MR) is 72.6 cm³/mol. The summed E-state index contributed by atoms with van der Waals surface area (Å²) in [6.45, 7) is 3.20. The highest BCUT2D eigenvalue weighted by Gasteiger charge is 2.25. The number of hydrogen-bond acceptors (Lipinski definition) is 3. The molecule has 0 saturated carbocycles. The van der Waals surface area contributed by atoms with Gasteiger partial charge in [0.05, 0.1) is 5.60 Å². The Balaban J connectivity index is 2.81. The maximum absolute atomic E-state index is 13.8. The lowest BCUT2D eigenvalue weighted by molar-refractivity contribution is 0.0324. The Bertz CT molecular complexity index is 502. The van der Waals surface area contributed by atoms with Crippen LogP contribution in [-0.2, 0) is 0 Å². The minimum Gasteiger partial charge on any atom is -0.387 e. The van der Waals surface area contributed by atoms with Gasteiger partial charge in [0.1, 0.15) is 17.2 Å². The highest BCUT2D eigenvalue weighted by Crippen LogP contribution is 2.16. The van der Waals surface area contributed by atoms with Gasteiger partial charge < -0.3 is 15.3 Å². The Morgan fingerprint density at radius 1 is 1.40 bits per heavy atom. The van der Waals surface area contributed by atoms with Crippen LogP contribution in [0.15, 0.2) is 12.1 Å². The molecule has 6 heteroatoms. The van der Waals surface area contributed by atoms with Gasteiger partial charge in [0.15, 0.2) is 0 Å². The number of carbonyl (C=O) groups excluding carboxylic acids is 1. The zero-order chi connectivity index (χ0) is 15.5. The molecular formula is C14H20F2N2O2. The SMILES string of the molecule is Cc1ccc(F)c(C(=O)NCC(C)(O)CN(C)C)c1F. The number of benzene rings is 1. The van der Waals surface area contributed by atoms with Crippen LogP contribution in [-0.4, -0.2) is 48.7 Å². The Hall–Kier alpha value is -1.53. The van der Waals surface area contributed by atoms with Crippen molar-refractivity contribution in [1.82, 2.24) is 10.2 Å². The minimum atomic E-state index is -1.18. The summed E-state index contributed by atoms with van der Waals surface area (Å²) in [5.41, 5.74) is -1.61. The average Bonchev–Trinajstić information content (AvgIpc) is 2.30. The fraction of sp³-hybridized carbons (Fsp3) is 0.500. The lowest BCUT2D eigenvalue weighted by Gasteiger charge is -2.27. The Labute approximate surface area is 117 Å². The highest BCUT2D eigenvalue weighted by molar-refractivity contribution is 5.95. The van der Waals surface area contributed by atoms with Gasteiger partial charge in [0.25, 0.3) is 5.91 Å². The van der Waals surface area contributed by atoms with Crippen LogP contribution in [0.3, 0.4) is 0 Å². The van der Waals surface area contributed by atoms with E-state index < -0.39 is 28.7 Å². The predicted octanol–water partition coefficient (Wildman–Crippen LogP) is 1.32. The van der Waals surface area contributed by atoms with Crippen LogP contribution in [0.5, 0.6) is 0 Å². The first-order chi connectivity index (χ1) is 9.14. The number of nitrogens with one attached hydrogen (secondary N) is 1. The largest absolute Gasteiger partial charge is 0.387 e. The van der Waals surface area contributed by atoms with Crippen LogP contribution < -0.4 is 5.32 Å². The normalized spacial score (nSPS) is 14.2. The molecule has 1 atom stereocenters. The third-order valence-corrected chi connectivity index (χ3v) is 2.80. The molecule has 0 aromatic heterocycles. The van der Waals surface area contributed by atoms with Gasteiger partial charge >= 0.3 is 0 Å². The molecule has 1 unspecified atom stereocenters. The fourth-order valence-electron chi connectivity index (χ4n) is 1.96. The van der Waals surface area contributed by atoms with E-state index >= 15 is 0 Å². The topological polar surface area (TPSA) is 52.6 Å². The van der Waals surface area contributed by atoms with E-state index in [2.05, 4.69) is 5.32 Å². The van der Waals surface area contributed by atoms with Crippen molar-refractivity contribution in [3.63, 3.8) is 0 Å². The fourth-order valence-corrected chi connectivity index (χ4v) is 1.96. The van der Waals surface area contributed by atoms with Gasteiger partial charge in [-0.2, -0.15) is 0 Å². The van der Waals surface area contributed by atoms with E-state index in [1.54, 1.807) is 19.0 Å². The number of rotatable bonds is 5. The minimum absolute atomic E-state index is 0.100. The second-order valence-corrected chi connectivity index (χ2v) is 5.47. The molecule has 0 saturated heterocycles. The number of nitrogens with zero attached hydrogens (tertiary/aromatic N) is 1. The molecule has 112 valence electrons. The molecule has 0 heterocycles. The first kappa shape index (κ1) is 16.5. The van der Waals surface area contributed by atoms with Gasteiger partial charge in [-0.1, -0.05) is 6.07 Å². The maximum Gasteiger partial charge on any atom is 0.257 e. The molecule has 1 aromatic rings. The van der Waals surface area contributed by atoms with Gasteiger partial charge in [0, 0.05) is 13.1 Å². The summed E-state index contributed by atoms with van der Waals surface area (Å²) in [6.07, 6.45) is 0. The van der Waals surface area contributed by atoms with Gasteiger partial charge in [-0.3, -0.25) is 4.79 Å². The highest BCUT2D eigenvalue weighted by atomic mass is 19.1. The van der Waals surface area contributed by atoms with E-state index in [1.807, 2.05) is 0 Å². The molecule has 0 aliphatic carbocycles. The lowest BCUT2D eigenvalue weighted by atomic mass is 10.1. The maximum atomic E-state index is 13.8. The van der Waals surface area contributed by atoms with Crippen LogP contribution in [0.4, 0.5) is 8.78 Å². The van der Waals surface area contributed by atoms with E-state index in [1.165, 1.54) is 19.9 Å². The summed E-state index contributed by atoms with van der Waals surface area (Å²) in [7, 11) is 3.55. The molecule has 0 spiro atoms. The van der Waals surface area contributed by atoms with Crippen molar-refractivity contribution in [3.8, 4) is 0 Å². The quantitative estimate of drug-likeness (QED) is 0.858. The monoisotopic (exact) mass is 286 g/mol. The smallest absolute Gasteiger partial charge is 0.257 e. The zero-order valence-electron chi connectivity index (χ0n) is 12.1. The van der Waals surface area contributed by atoms with Gasteiger partial charge in [-0.25, -0.2) is 8.78 Å². The summed E-state index contributed by atoms with van der Waals surface area (Å²) >= 11 is 0. The number of aliphatic hydroxyl groups is 1. The summed E-state index contributed by atoms with van der Waals surface area (Å²) in [5, 5.41) is 12.4. The van der Waals surface area contributed by atoms with Crippen LogP contribution >= 0.6 is 0 Å². The van der Waals surface area contributed by atoms with Gasteiger partial charge in [-0.05, 0) is 39.6 Å². The second kappa shape index (κ2) is 6.28. The van der Waals surface area contributed by atoms with E-state index in [0.29, 0.717) is 6.54 Å². The number of carbonyl (C=O) groups is 1. The molecule has 1 rings (SSSR count). The number of likely N-dealkylation sites (N-methyl/N-ethyl adjacent to an activating group) is 1. The van der Waals surface area contributed by atoms with E-state index in [0.717, 1.165) is 6.07 Å². The molecule has 4 nitrogen and oxygen atoms in total. The molecule has 2 N–H and O–H groups in total. The first-order valence-corrected chi connectivity index (χ1v) is 6.24. The molecule has 20 heavy (non-hydrogen) atoms. The van der Waals surface area contributed by atoms with Crippen LogP contribution in [0.25, 0.3) is 0 Å². The lowest BCUT2D eigenvalue weighted by Crippen LogP contribution is -2.47. The molecule has 0 aliphatic heterocycles. The van der Waals surface area contributed by atoms with Gasteiger partial charge in [-0.15, -0.1) is 0 Å². The van der Waals surface area contributed by atoms with Crippen molar-refractivity contribution < 1.29 is 18.7 Å². The summed E-state index contributed by atoms with van der Waals surface area (Å²) in [4.78, 5) is 13.6. The summed E-state index contributed by atoms with van der Waals surface area (Å²) in [6, 6.07) is 2.31. The molecule has 0 aliphatic rings. The van der Waals surface area contributed by atoms with Crippen molar-refractivity contribution in [3.05, 3.63) is 34.9 Å². The standard InChI is InChI=1S/C14H20F2N2O2/c1-9-5-6-10(15)11(12(9)16)13(19)17-7-14(2,20)8-18(3)4/h5-6,20H,7-8H2,1-4H3,(H,17,19). The van der Waals surface area contributed by atoms with E-state index in [4.69, 9.17) is 0 Å². The van der Waals surface area contributed by atoms with Crippen molar-refractivity contribution in [2.75, 3.05) is 27.2 Å². The Morgan fingerprint density at radius 3 is 2.55 bits per heavy atom.